The summed E-state index contributed by atoms with van der Waals surface area (Å²) in [5.41, 5.74) is 1.05. The molecule has 0 amide bonds. The standard InChI is InChI=1S/C17H30N4/c1-4-7-15-8-6-11-21(12-9-15)16-13-14(3)19-17(20-16)18-10-5-2/h13,15H,4-12H2,1-3H3,(H,18,19,20). The van der Waals surface area contributed by atoms with Gasteiger partial charge in [0.25, 0.3) is 0 Å². The van der Waals surface area contributed by atoms with Gasteiger partial charge in [-0.15, -0.1) is 0 Å². The van der Waals surface area contributed by atoms with E-state index < -0.39 is 0 Å². The lowest BCUT2D eigenvalue weighted by molar-refractivity contribution is 0.435. The van der Waals surface area contributed by atoms with Crippen LogP contribution in [0.4, 0.5) is 11.8 Å². The van der Waals surface area contributed by atoms with E-state index in [-0.39, 0.29) is 0 Å². The highest BCUT2D eigenvalue weighted by molar-refractivity contribution is 5.44. The molecular weight excluding hydrogens is 260 g/mol. The van der Waals surface area contributed by atoms with Gasteiger partial charge in [0.1, 0.15) is 5.82 Å². The second-order valence-corrected chi connectivity index (χ2v) is 6.19. The van der Waals surface area contributed by atoms with Crippen molar-refractivity contribution in [2.75, 3.05) is 29.9 Å². The van der Waals surface area contributed by atoms with Crippen LogP contribution in [-0.2, 0) is 0 Å². The molecule has 4 nitrogen and oxygen atoms in total. The number of nitrogens with one attached hydrogen (secondary N) is 1. The summed E-state index contributed by atoms with van der Waals surface area (Å²) < 4.78 is 0. The molecule has 1 N–H and O–H groups in total. The molecule has 1 aromatic heterocycles. The molecule has 2 heterocycles. The van der Waals surface area contributed by atoms with Crippen LogP contribution < -0.4 is 10.2 Å². The number of anilines is 2. The molecule has 0 bridgehead atoms. The van der Waals surface area contributed by atoms with Gasteiger partial charge in [-0.05, 0) is 38.5 Å². The molecule has 4 heteroatoms. The van der Waals surface area contributed by atoms with Gasteiger partial charge in [0.05, 0.1) is 0 Å². The zero-order chi connectivity index (χ0) is 15.1. The van der Waals surface area contributed by atoms with Gasteiger partial charge < -0.3 is 10.2 Å². The Bertz CT molecular complexity index is 433. The van der Waals surface area contributed by atoms with Crippen molar-refractivity contribution in [3.63, 3.8) is 0 Å². The summed E-state index contributed by atoms with van der Waals surface area (Å²) in [7, 11) is 0. The first-order valence-corrected chi connectivity index (χ1v) is 8.57. The first kappa shape index (κ1) is 16.1. The molecular formula is C17H30N4. The summed E-state index contributed by atoms with van der Waals surface area (Å²) in [6.07, 6.45) is 7.73. The lowest BCUT2D eigenvalue weighted by Crippen LogP contribution is -2.26. The topological polar surface area (TPSA) is 41.1 Å². The van der Waals surface area contributed by atoms with Crippen molar-refractivity contribution in [3.8, 4) is 0 Å². The maximum Gasteiger partial charge on any atom is 0.224 e. The summed E-state index contributed by atoms with van der Waals surface area (Å²) in [5, 5.41) is 3.31. The number of hydrogen-bond acceptors (Lipinski definition) is 4. The molecule has 1 saturated heterocycles. The van der Waals surface area contributed by atoms with Crippen LogP contribution in [-0.4, -0.2) is 29.6 Å². The maximum absolute atomic E-state index is 4.71. The number of hydrogen-bond donors (Lipinski definition) is 1. The van der Waals surface area contributed by atoms with Crippen LogP contribution in [0.1, 0.15) is 58.1 Å². The molecule has 0 aromatic carbocycles. The van der Waals surface area contributed by atoms with Crippen molar-refractivity contribution in [2.45, 2.75) is 59.3 Å². The Morgan fingerprint density at radius 3 is 2.81 bits per heavy atom. The van der Waals surface area contributed by atoms with Crippen LogP contribution in [0.5, 0.6) is 0 Å². The minimum atomic E-state index is 0.779. The highest BCUT2D eigenvalue weighted by Gasteiger charge is 2.18. The highest BCUT2D eigenvalue weighted by atomic mass is 15.2. The van der Waals surface area contributed by atoms with E-state index in [1.54, 1.807) is 0 Å². The van der Waals surface area contributed by atoms with Crippen molar-refractivity contribution in [1.29, 1.82) is 0 Å². The molecule has 21 heavy (non-hydrogen) atoms. The summed E-state index contributed by atoms with van der Waals surface area (Å²) in [4.78, 5) is 11.6. The van der Waals surface area contributed by atoms with E-state index in [0.29, 0.717) is 0 Å². The van der Waals surface area contributed by atoms with Gasteiger partial charge in [-0.1, -0.05) is 26.7 Å². The van der Waals surface area contributed by atoms with Gasteiger partial charge in [0.2, 0.25) is 5.95 Å². The van der Waals surface area contributed by atoms with E-state index in [4.69, 9.17) is 4.98 Å². The SMILES string of the molecule is CCCNc1nc(C)cc(N2CCCC(CCC)CC2)n1. The lowest BCUT2D eigenvalue weighted by Gasteiger charge is -2.22. The van der Waals surface area contributed by atoms with Crippen LogP contribution in [0.3, 0.4) is 0 Å². The van der Waals surface area contributed by atoms with Crippen molar-refractivity contribution in [2.24, 2.45) is 5.92 Å². The smallest absolute Gasteiger partial charge is 0.224 e. The fourth-order valence-electron chi connectivity index (χ4n) is 3.12. The molecule has 0 saturated carbocycles. The van der Waals surface area contributed by atoms with Gasteiger partial charge in [-0.3, -0.25) is 0 Å². The Hall–Kier alpha value is -1.32. The Balaban J connectivity index is 2.04. The molecule has 0 radical (unpaired) electrons. The Morgan fingerprint density at radius 2 is 2.05 bits per heavy atom. The zero-order valence-corrected chi connectivity index (χ0v) is 13.9. The number of rotatable bonds is 6. The van der Waals surface area contributed by atoms with Crippen molar-refractivity contribution in [3.05, 3.63) is 11.8 Å². The van der Waals surface area contributed by atoms with Crippen LogP contribution in [0, 0.1) is 12.8 Å². The minimum Gasteiger partial charge on any atom is -0.356 e. The van der Waals surface area contributed by atoms with E-state index in [2.05, 4.69) is 42.0 Å². The Morgan fingerprint density at radius 1 is 1.19 bits per heavy atom. The van der Waals surface area contributed by atoms with Crippen LogP contribution in [0.2, 0.25) is 0 Å². The fourth-order valence-corrected chi connectivity index (χ4v) is 3.12. The van der Waals surface area contributed by atoms with Gasteiger partial charge in [0, 0.05) is 31.4 Å². The first-order valence-electron chi connectivity index (χ1n) is 8.57. The molecule has 0 aliphatic carbocycles. The summed E-state index contributed by atoms with van der Waals surface area (Å²) in [6, 6.07) is 2.12. The van der Waals surface area contributed by atoms with Gasteiger partial charge in [-0.25, -0.2) is 4.98 Å². The first-order chi connectivity index (χ1) is 10.2. The van der Waals surface area contributed by atoms with E-state index >= 15 is 0 Å². The second-order valence-electron chi connectivity index (χ2n) is 6.19. The number of aromatic nitrogens is 2. The van der Waals surface area contributed by atoms with Crippen molar-refractivity contribution < 1.29 is 0 Å². The summed E-state index contributed by atoms with van der Waals surface area (Å²) in [6.45, 7) is 9.70. The average Bonchev–Trinajstić information content (AvgIpc) is 2.71. The van der Waals surface area contributed by atoms with E-state index in [0.717, 1.165) is 49.4 Å². The molecule has 1 aromatic rings. The monoisotopic (exact) mass is 290 g/mol. The second kappa shape index (κ2) is 8.20. The van der Waals surface area contributed by atoms with E-state index in [1.807, 2.05) is 0 Å². The predicted octanol–water partition coefficient (Wildman–Crippen LogP) is 4.01. The van der Waals surface area contributed by atoms with Gasteiger partial charge in [0.15, 0.2) is 0 Å². The van der Waals surface area contributed by atoms with E-state index in [9.17, 15) is 0 Å². The molecule has 1 unspecified atom stereocenters. The summed E-state index contributed by atoms with van der Waals surface area (Å²) >= 11 is 0. The normalized spacial score (nSPS) is 19.4. The largest absolute Gasteiger partial charge is 0.356 e. The Kier molecular flexibility index (Phi) is 6.27. The minimum absolute atomic E-state index is 0.779. The molecule has 1 aliphatic heterocycles. The van der Waals surface area contributed by atoms with Crippen LogP contribution in [0.25, 0.3) is 0 Å². The van der Waals surface area contributed by atoms with Crippen LogP contribution in [0.15, 0.2) is 6.07 Å². The molecule has 1 fully saturated rings. The zero-order valence-electron chi connectivity index (χ0n) is 13.9. The highest BCUT2D eigenvalue weighted by Crippen LogP contribution is 2.25. The third-order valence-electron chi connectivity index (χ3n) is 4.24. The van der Waals surface area contributed by atoms with Crippen molar-refractivity contribution >= 4 is 11.8 Å². The molecule has 1 aliphatic rings. The Labute approximate surface area is 129 Å². The summed E-state index contributed by atoms with van der Waals surface area (Å²) in [5.74, 6) is 2.78. The molecule has 118 valence electrons. The van der Waals surface area contributed by atoms with E-state index in [1.165, 1.54) is 32.1 Å². The van der Waals surface area contributed by atoms with Crippen LogP contribution >= 0.6 is 0 Å². The molecule has 2 rings (SSSR count). The lowest BCUT2D eigenvalue weighted by atomic mass is 9.96. The average molecular weight is 290 g/mol. The van der Waals surface area contributed by atoms with Gasteiger partial charge >= 0.3 is 0 Å². The maximum atomic E-state index is 4.71. The number of aryl methyl sites for hydroxylation is 1. The quantitative estimate of drug-likeness (QED) is 0.859. The molecule has 0 spiro atoms. The molecule has 1 atom stereocenters. The fraction of sp³-hybridized carbons (Fsp3) is 0.765. The van der Waals surface area contributed by atoms with Crippen molar-refractivity contribution in [1.82, 2.24) is 9.97 Å². The van der Waals surface area contributed by atoms with Gasteiger partial charge in [-0.2, -0.15) is 4.98 Å². The predicted molar refractivity (Wildman–Crippen MR) is 90.0 cm³/mol. The third kappa shape index (κ3) is 4.87. The third-order valence-corrected chi connectivity index (χ3v) is 4.24. The number of nitrogens with zero attached hydrogens (tertiary/aromatic N) is 3.